The van der Waals surface area contributed by atoms with Gasteiger partial charge in [-0.15, -0.1) is 11.3 Å². The number of benzene rings is 1. The van der Waals surface area contributed by atoms with Crippen molar-refractivity contribution in [2.75, 3.05) is 14.1 Å². The molecule has 10 heteroatoms. The average Bonchev–Trinajstić information content (AvgIpc) is 3.27. The van der Waals surface area contributed by atoms with Gasteiger partial charge in [0.15, 0.2) is 0 Å². The molecule has 0 aliphatic carbocycles. The summed E-state index contributed by atoms with van der Waals surface area (Å²) in [6.07, 6.45) is 0. The van der Waals surface area contributed by atoms with Gasteiger partial charge in [0.25, 0.3) is 10.0 Å². The maximum absolute atomic E-state index is 13.1. The molecule has 0 amide bonds. The van der Waals surface area contributed by atoms with Gasteiger partial charge in [0.1, 0.15) is 28.1 Å². The zero-order valence-electron chi connectivity index (χ0n) is 15.3. The van der Waals surface area contributed by atoms with Crippen LogP contribution in [0.4, 0.5) is 4.39 Å². The van der Waals surface area contributed by atoms with Crippen molar-refractivity contribution in [3.05, 3.63) is 58.5 Å². The number of furan rings is 1. The maximum atomic E-state index is 13.1. The number of esters is 1. The van der Waals surface area contributed by atoms with Crippen LogP contribution >= 0.6 is 11.3 Å². The lowest BCUT2D eigenvalue weighted by Crippen LogP contribution is -2.21. The Morgan fingerprint density at radius 1 is 1.21 bits per heavy atom. The summed E-state index contributed by atoms with van der Waals surface area (Å²) < 4.78 is 48.6. The number of rotatable bonds is 6. The molecule has 2 aromatic heterocycles. The molecule has 0 spiro atoms. The smallest absolute Gasteiger partial charge is 0.350 e. The molecule has 0 unspecified atom stereocenters. The molecule has 3 aromatic rings. The molecule has 0 radical (unpaired) electrons. The van der Waals surface area contributed by atoms with Crippen molar-refractivity contribution in [1.82, 2.24) is 9.29 Å². The van der Waals surface area contributed by atoms with Crippen LogP contribution in [0, 0.1) is 12.7 Å². The van der Waals surface area contributed by atoms with Crippen LogP contribution in [0.1, 0.15) is 21.1 Å². The summed E-state index contributed by atoms with van der Waals surface area (Å²) in [5.41, 5.74) is 1.18. The van der Waals surface area contributed by atoms with Crippen LogP contribution in [0.5, 0.6) is 0 Å². The summed E-state index contributed by atoms with van der Waals surface area (Å²) in [7, 11) is -0.909. The van der Waals surface area contributed by atoms with Gasteiger partial charge in [0.2, 0.25) is 5.09 Å². The van der Waals surface area contributed by atoms with Crippen LogP contribution < -0.4 is 0 Å². The molecular weight excluding hydrogens is 407 g/mol. The average molecular weight is 424 g/mol. The second-order valence-corrected chi connectivity index (χ2v) is 9.11. The van der Waals surface area contributed by atoms with E-state index in [-0.39, 0.29) is 23.3 Å². The molecule has 7 nitrogen and oxygen atoms in total. The Hall–Kier alpha value is -2.56. The standard InChI is InChI=1S/C18H17FN2O5S2/c1-11-16(27-17(20-11)12-4-6-13(19)7-5-12)18(22)25-10-14-8-9-15(26-14)28(23,24)21(2)3/h4-9H,10H2,1-3H3. The Labute approximate surface area is 165 Å². The van der Waals surface area contributed by atoms with Gasteiger partial charge in [-0.3, -0.25) is 0 Å². The molecule has 0 saturated carbocycles. The Kier molecular flexibility index (Phi) is 5.64. The molecule has 0 aliphatic heterocycles. The lowest BCUT2D eigenvalue weighted by molar-refractivity contribution is 0.0445. The number of aromatic nitrogens is 1. The number of carbonyl (C=O) groups excluding carboxylic acids is 1. The van der Waals surface area contributed by atoms with Crippen LogP contribution in [0.2, 0.25) is 0 Å². The molecule has 2 heterocycles. The Morgan fingerprint density at radius 2 is 1.89 bits per heavy atom. The number of aryl methyl sites for hydroxylation is 1. The van der Waals surface area contributed by atoms with Gasteiger partial charge < -0.3 is 9.15 Å². The minimum atomic E-state index is -3.69. The highest BCUT2D eigenvalue weighted by atomic mass is 32.2. The first-order chi connectivity index (χ1) is 13.2. The molecule has 0 atom stereocenters. The molecular formula is C18H17FN2O5S2. The van der Waals surface area contributed by atoms with E-state index >= 15 is 0 Å². The van der Waals surface area contributed by atoms with Crippen molar-refractivity contribution in [3.8, 4) is 10.6 Å². The zero-order valence-corrected chi connectivity index (χ0v) is 16.9. The molecule has 0 bridgehead atoms. The SMILES string of the molecule is Cc1nc(-c2ccc(F)cc2)sc1C(=O)OCc1ccc(S(=O)(=O)N(C)C)o1. The maximum Gasteiger partial charge on any atom is 0.350 e. The summed E-state index contributed by atoms with van der Waals surface area (Å²) in [5, 5.41) is 0.345. The fraction of sp³-hybridized carbons (Fsp3) is 0.222. The third kappa shape index (κ3) is 4.13. The van der Waals surface area contributed by atoms with Crippen LogP contribution in [-0.2, 0) is 21.4 Å². The summed E-state index contributed by atoms with van der Waals surface area (Å²) in [4.78, 5) is 17.0. The Balaban J connectivity index is 1.71. The quantitative estimate of drug-likeness (QED) is 0.563. The van der Waals surface area contributed by atoms with E-state index in [2.05, 4.69) is 4.98 Å². The summed E-state index contributed by atoms with van der Waals surface area (Å²) >= 11 is 1.13. The van der Waals surface area contributed by atoms with Crippen molar-refractivity contribution in [2.45, 2.75) is 18.6 Å². The first-order valence-corrected chi connectivity index (χ1v) is 10.4. The highest BCUT2D eigenvalue weighted by Gasteiger charge is 2.22. The first-order valence-electron chi connectivity index (χ1n) is 8.10. The lowest BCUT2D eigenvalue weighted by Gasteiger charge is -2.07. The van der Waals surface area contributed by atoms with Crippen molar-refractivity contribution in [3.63, 3.8) is 0 Å². The highest BCUT2D eigenvalue weighted by molar-refractivity contribution is 7.88. The number of sulfonamides is 1. The van der Waals surface area contributed by atoms with Gasteiger partial charge in [-0.25, -0.2) is 26.9 Å². The zero-order chi connectivity index (χ0) is 20.5. The third-order valence-corrected chi connectivity index (χ3v) is 6.67. The summed E-state index contributed by atoms with van der Waals surface area (Å²) in [6.45, 7) is 1.46. The van der Waals surface area contributed by atoms with Gasteiger partial charge in [0, 0.05) is 19.7 Å². The largest absolute Gasteiger partial charge is 0.453 e. The van der Waals surface area contributed by atoms with Crippen LogP contribution in [0.15, 0.2) is 45.9 Å². The number of halogens is 1. The molecule has 0 saturated heterocycles. The van der Waals surface area contributed by atoms with E-state index in [1.807, 2.05) is 0 Å². The Bertz CT molecular complexity index is 1100. The van der Waals surface area contributed by atoms with Crippen LogP contribution in [-0.4, -0.2) is 37.8 Å². The summed E-state index contributed by atoms with van der Waals surface area (Å²) in [5.74, 6) is -0.753. The molecule has 0 aliphatic rings. The first kappa shape index (κ1) is 20.2. The fourth-order valence-electron chi connectivity index (χ4n) is 2.26. The highest BCUT2D eigenvalue weighted by Crippen LogP contribution is 2.29. The predicted molar refractivity (Wildman–Crippen MR) is 101 cm³/mol. The number of hydrogen-bond acceptors (Lipinski definition) is 7. The van der Waals surface area contributed by atoms with Crippen molar-refractivity contribution < 1.29 is 26.8 Å². The topological polar surface area (TPSA) is 89.7 Å². The fourth-order valence-corrected chi connectivity index (χ4v) is 4.04. The van der Waals surface area contributed by atoms with Gasteiger partial charge in [-0.1, -0.05) is 0 Å². The molecule has 0 N–H and O–H groups in total. The van der Waals surface area contributed by atoms with Gasteiger partial charge in [-0.05, 0) is 43.3 Å². The van der Waals surface area contributed by atoms with Gasteiger partial charge in [0.05, 0.1) is 5.69 Å². The van der Waals surface area contributed by atoms with Crippen molar-refractivity contribution >= 4 is 27.3 Å². The minimum absolute atomic E-state index is 0.203. The van der Waals surface area contributed by atoms with E-state index in [4.69, 9.17) is 9.15 Å². The van der Waals surface area contributed by atoms with E-state index in [0.29, 0.717) is 21.1 Å². The second kappa shape index (κ2) is 7.82. The van der Waals surface area contributed by atoms with Crippen molar-refractivity contribution in [2.24, 2.45) is 0 Å². The molecule has 0 fully saturated rings. The molecule has 148 valence electrons. The van der Waals surface area contributed by atoms with Gasteiger partial charge >= 0.3 is 5.97 Å². The second-order valence-electron chi connectivity index (χ2n) is 6.02. The van der Waals surface area contributed by atoms with E-state index in [1.54, 1.807) is 19.1 Å². The van der Waals surface area contributed by atoms with Gasteiger partial charge in [-0.2, -0.15) is 0 Å². The molecule has 1 aromatic carbocycles. The van der Waals surface area contributed by atoms with Crippen LogP contribution in [0.25, 0.3) is 10.6 Å². The lowest BCUT2D eigenvalue weighted by atomic mass is 10.2. The third-order valence-electron chi connectivity index (χ3n) is 3.79. The van der Waals surface area contributed by atoms with Crippen LogP contribution in [0.3, 0.4) is 0 Å². The van der Waals surface area contributed by atoms with E-state index in [0.717, 1.165) is 15.6 Å². The monoisotopic (exact) mass is 424 g/mol. The predicted octanol–water partition coefficient (Wildman–Crippen LogP) is 3.46. The molecule has 28 heavy (non-hydrogen) atoms. The normalized spacial score (nSPS) is 11.8. The number of nitrogens with zero attached hydrogens (tertiary/aromatic N) is 2. The number of ether oxygens (including phenoxy) is 1. The summed E-state index contributed by atoms with van der Waals surface area (Å²) in [6, 6.07) is 8.55. The Morgan fingerprint density at radius 3 is 2.54 bits per heavy atom. The number of hydrogen-bond donors (Lipinski definition) is 0. The van der Waals surface area contributed by atoms with Crippen molar-refractivity contribution in [1.29, 1.82) is 0 Å². The minimum Gasteiger partial charge on any atom is -0.453 e. The van der Waals surface area contributed by atoms with E-state index in [9.17, 15) is 17.6 Å². The molecule has 3 rings (SSSR count). The number of carbonyl (C=O) groups is 1. The number of thiazole rings is 1. The van der Waals surface area contributed by atoms with E-state index in [1.165, 1.54) is 38.4 Å². The van der Waals surface area contributed by atoms with E-state index < -0.39 is 16.0 Å².